The summed E-state index contributed by atoms with van der Waals surface area (Å²) in [7, 11) is 0. The maximum atomic E-state index is 12.3. The molecule has 0 atom stereocenters. The Bertz CT molecular complexity index is 643. The van der Waals surface area contributed by atoms with Crippen molar-refractivity contribution >= 4 is 34.8 Å². The van der Waals surface area contributed by atoms with E-state index >= 15 is 0 Å². The Labute approximate surface area is 126 Å². The number of hydrogen-bond donors (Lipinski definition) is 1. The van der Waals surface area contributed by atoms with Crippen LogP contribution in [0.3, 0.4) is 0 Å². The fraction of sp³-hybridized carbons (Fsp3) is 0.308. The number of anilines is 1. The lowest BCUT2D eigenvalue weighted by atomic mass is 10.2. The Hall–Kier alpha value is -1.59. The van der Waals surface area contributed by atoms with Gasteiger partial charge in [0.1, 0.15) is 10.8 Å². The molecule has 0 saturated heterocycles. The van der Waals surface area contributed by atoms with Gasteiger partial charge in [0.15, 0.2) is 5.15 Å². The van der Waals surface area contributed by atoms with Gasteiger partial charge in [0, 0.05) is 6.54 Å². The van der Waals surface area contributed by atoms with Gasteiger partial charge in [-0.15, -0.1) is 0 Å². The minimum atomic E-state index is -0.276. The number of pyridine rings is 1. The summed E-state index contributed by atoms with van der Waals surface area (Å²) in [6.07, 6.45) is 0. The third-order valence-corrected chi connectivity index (χ3v) is 3.28. The molecule has 1 N–H and O–H groups in total. The van der Waals surface area contributed by atoms with Crippen molar-refractivity contribution in [2.75, 3.05) is 5.32 Å². The summed E-state index contributed by atoms with van der Waals surface area (Å²) < 4.78 is 1.64. The van der Waals surface area contributed by atoms with Crippen LogP contribution in [-0.2, 0) is 6.54 Å². The number of carbonyl (C=O) groups is 1. The minimum absolute atomic E-state index is 0.169. The molecule has 0 aromatic carbocycles. The molecule has 0 bridgehead atoms. The van der Waals surface area contributed by atoms with Gasteiger partial charge < -0.3 is 5.32 Å². The van der Waals surface area contributed by atoms with Gasteiger partial charge in [-0.1, -0.05) is 23.2 Å². The van der Waals surface area contributed by atoms with E-state index in [2.05, 4.69) is 15.4 Å². The fourth-order valence-electron chi connectivity index (χ4n) is 1.89. The van der Waals surface area contributed by atoms with Crippen LogP contribution < -0.4 is 5.32 Å². The maximum absolute atomic E-state index is 12.3. The quantitative estimate of drug-likeness (QED) is 0.883. The van der Waals surface area contributed by atoms with E-state index in [4.69, 9.17) is 23.2 Å². The van der Waals surface area contributed by atoms with E-state index in [0.29, 0.717) is 23.1 Å². The summed E-state index contributed by atoms with van der Waals surface area (Å²) in [5, 5.41) is 7.45. The van der Waals surface area contributed by atoms with Crippen LogP contribution in [0.2, 0.25) is 10.3 Å². The van der Waals surface area contributed by atoms with E-state index in [1.807, 2.05) is 13.8 Å². The average Bonchev–Trinajstić information content (AvgIpc) is 2.75. The highest BCUT2D eigenvalue weighted by molar-refractivity contribution is 6.35. The molecule has 0 aliphatic rings. The molecule has 0 unspecified atom stereocenters. The first-order valence-corrected chi connectivity index (χ1v) is 6.86. The zero-order chi connectivity index (χ0) is 14.9. The number of rotatable bonds is 3. The molecular weight excluding hydrogens is 299 g/mol. The fourth-order valence-corrected chi connectivity index (χ4v) is 2.47. The first kappa shape index (κ1) is 14.8. The largest absolute Gasteiger partial charge is 0.318 e. The Kier molecular flexibility index (Phi) is 4.30. The lowest BCUT2D eigenvalue weighted by Crippen LogP contribution is -2.18. The lowest BCUT2D eigenvalue weighted by molar-refractivity contribution is 0.101. The Morgan fingerprint density at radius 3 is 2.65 bits per heavy atom. The van der Waals surface area contributed by atoms with Crippen molar-refractivity contribution in [1.29, 1.82) is 0 Å². The van der Waals surface area contributed by atoms with Gasteiger partial charge in [0.05, 0.1) is 11.4 Å². The summed E-state index contributed by atoms with van der Waals surface area (Å²) in [4.78, 5) is 16.2. The maximum Gasteiger partial charge on any atom is 0.274 e. The van der Waals surface area contributed by atoms with Crippen LogP contribution in [0.1, 0.15) is 28.7 Å². The van der Waals surface area contributed by atoms with Crippen molar-refractivity contribution < 1.29 is 4.79 Å². The third kappa shape index (κ3) is 2.94. The number of halogens is 2. The second-order valence-corrected chi connectivity index (χ2v) is 5.11. The van der Waals surface area contributed by atoms with Gasteiger partial charge in [-0.3, -0.25) is 9.48 Å². The van der Waals surface area contributed by atoms with E-state index in [1.165, 1.54) is 0 Å². The molecule has 0 saturated carbocycles. The highest BCUT2D eigenvalue weighted by Gasteiger charge is 2.16. The normalized spacial score (nSPS) is 10.7. The smallest absolute Gasteiger partial charge is 0.274 e. The number of carbonyl (C=O) groups excluding carboxylic acids is 1. The van der Waals surface area contributed by atoms with Crippen LogP contribution in [-0.4, -0.2) is 20.7 Å². The second-order valence-electron chi connectivity index (χ2n) is 4.37. The molecule has 0 aliphatic carbocycles. The predicted octanol–water partition coefficient (Wildman–Crippen LogP) is 3.47. The molecule has 2 aromatic rings. The number of nitrogens with one attached hydrogen (secondary N) is 1. The highest BCUT2D eigenvalue weighted by Crippen LogP contribution is 2.26. The van der Waals surface area contributed by atoms with E-state index in [0.717, 1.165) is 11.3 Å². The summed E-state index contributed by atoms with van der Waals surface area (Å²) in [6.45, 7) is 6.18. The average molecular weight is 313 g/mol. The zero-order valence-electron chi connectivity index (χ0n) is 11.4. The van der Waals surface area contributed by atoms with Gasteiger partial charge in [-0.25, -0.2) is 4.98 Å². The molecule has 5 nitrogen and oxygen atoms in total. The Morgan fingerprint density at radius 1 is 1.35 bits per heavy atom. The van der Waals surface area contributed by atoms with E-state index in [1.54, 1.807) is 23.7 Å². The summed E-state index contributed by atoms with van der Waals surface area (Å²) >= 11 is 11.8. The van der Waals surface area contributed by atoms with Gasteiger partial charge in [-0.05, 0) is 38.5 Å². The lowest BCUT2D eigenvalue weighted by Gasteiger charge is -2.10. The van der Waals surface area contributed by atoms with Crippen molar-refractivity contribution in [3.8, 4) is 0 Å². The molecule has 2 rings (SSSR count). The summed E-state index contributed by atoms with van der Waals surface area (Å²) in [6, 6.07) is 3.37. The van der Waals surface area contributed by atoms with Crippen LogP contribution in [0.4, 0.5) is 5.69 Å². The molecule has 0 spiro atoms. The Morgan fingerprint density at radius 2 is 2.05 bits per heavy atom. The molecule has 1 amide bonds. The van der Waals surface area contributed by atoms with Crippen LogP contribution in [0.5, 0.6) is 0 Å². The van der Waals surface area contributed by atoms with Gasteiger partial charge in [0.2, 0.25) is 0 Å². The highest BCUT2D eigenvalue weighted by atomic mass is 35.5. The number of aryl methyl sites for hydroxylation is 3. The SMILES string of the molecule is CCn1nc(C)cc1C(=O)Nc1c(C)cc(Cl)nc1Cl. The number of hydrogen-bond acceptors (Lipinski definition) is 3. The van der Waals surface area contributed by atoms with Crippen LogP contribution in [0, 0.1) is 13.8 Å². The molecule has 0 aliphatic heterocycles. The molecule has 7 heteroatoms. The van der Waals surface area contributed by atoms with Crippen molar-refractivity contribution in [1.82, 2.24) is 14.8 Å². The number of nitrogens with zero attached hydrogens (tertiary/aromatic N) is 3. The van der Waals surface area contributed by atoms with Crippen LogP contribution in [0.15, 0.2) is 12.1 Å². The second kappa shape index (κ2) is 5.81. The van der Waals surface area contributed by atoms with Crippen molar-refractivity contribution in [3.05, 3.63) is 39.4 Å². The minimum Gasteiger partial charge on any atom is -0.318 e. The summed E-state index contributed by atoms with van der Waals surface area (Å²) in [5.74, 6) is -0.276. The van der Waals surface area contributed by atoms with Crippen LogP contribution >= 0.6 is 23.2 Å². The van der Waals surface area contributed by atoms with Gasteiger partial charge in [-0.2, -0.15) is 5.10 Å². The molecule has 20 heavy (non-hydrogen) atoms. The standard InChI is InChI=1S/C13H14Cl2N4O/c1-4-19-9(6-8(3)18-19)13(20)17-11-7(2)5-10(14)16-12(11)15/h5-6H,4H2,1-3H3,(H,17,20). The first-order chi connectivity index (χ1) is 9.42. The van der Waals surface area contributed by atoms with Crippen molar-refractivity contribution in [2.45, 2.75) is 27.3 Å². The van der Waals surface area contributed by atoms with Crippen LogP contribution in [0.25, 0.3) is 0 Å². The van der Waals surface area contributed by atoms with E-state index in [9.17, 15) is 4.79 Å². The molecule has 0 fully saturated rings. The predicted molar refractivity (Wildman–Crippen MR) is 79.6 cm³/mol. The zero-order valence-corrected chi connectivity index (χ0v) is 12.9. The first-order valence-electron chi connectivity index (χ1n) is 6.10. The van der Waals surface area contributed by atoms with Crippen molar-refractivity contribution in [3.63, 3.8) is 0 Å². The monoisotopic (exact) mass is 312 g/mol. The van der Waals surface area contributed by atoms with Gasteiger partial charge >= 0.3 is 0 Å². The van der Waals surface area contributed by atoms with E-state index in [-0.39, 0.29) is 11.1 Å². The Balaban J connectivity index is 2.32. The molecule has 106 valence electrons. The number of amides is 1. The number of aromatic nitrogens is 3. The molecule has 2 aromatic heterocycles. The van der Waals surface area contributed by atoms with E-state index < -0.39 is 0 Å². The molecule has 2 heterocycles. The topological polar surface area (TPSA) is 59.8 Å². The summed E-state index contributed by atoms with van der Waals surface area (Å²) in [5.41, 5.74) is 2.48. The molecule has 0 radical (unpaired) electrons. The third-order valence-electron chi connectivity index (χ3n) is 2.81. The molecular formula is C13H14Cl2N4O. The van der Waals surface area contributed by atoms with Gasteiger partial charge in [0.25, 0.3) is 5.91 Å². The van der Waals surface area contributed by atoms with Crippen molar-refractivity contribution in [2.24, 2.45) is 0 Å².